The van der Waals surface area contributed by atoms with Crippen molar-refractivity contribution >= 4 is 23.4 Å². The Labute approximate surface area is 158 Å². The molecular weight excluding hydrogens is 381 g/mol. The number of amides is 2. The van der Waals surface area contributed by atoms with Crippen molar-refractivity contribution in [3.05, 3.63) is 70.2 Å². The number of benzene rings is 2. The maximum absolute atomic E-state index is 12.6. The number of hydrogen-bond donors (Lipinski definition) is 2. The van der Waals surface area contributed by atoms with Gasteiger partial charge in [0.25, 0.3) is 5.91 Å². The van der Waals surface area contributed by atoms with Crippen LogP contribution < -0.4 is 10.6 Å². The quantitative estimate of drug-likeness (QED) is 0.782. The van der Waals surface area contributed by atoms with Crippen LogP contribution in [0.15, 0.2) is 48.5 Å². The highest BCUT2D eigenvalue weighted by atomic mass is 35.5. The molecule has 0 aliphatic carbocycles. The summed E-state index contributed by atoms with van der Waals surface area (Å²) in [5.41, 5.74) is -0.282. The minimum Gasteiger partial charge on any atom is -0.344 e. The van der Waals surface area contributed by atoms with E-state index in [2.05, 4.69) is 22.5 Å². The predicted molar refractivity (Wildman–Crippen MR) is 95.1 cm³/mol. The Hall–Kier alpha value is -2.98. The third-order valence-electron chi connectivity index (χ3n) is 3.29. The van der Waals surface area contributed by atoms with Crippen molar-refractivity contribution in [2.24, 2.45) is 0 Å². The smallest absolute Gasteiger partial charge is 0.344 e. The van der Waals surface area contributed by atoms with Gasteiger partial charge in [-0.1, -0.05) is 35.6 Å². The second-order valence-corrected chi connectivity index (χ2v) is 5.79. The van der Waals surface area contributed by atoms with E-state index >= 15 is 0 Å². The first-order valence-corrected chi connectivity index (χ1v) is 8.10. The Morgan fingerprint density at radius 1 is 1.04 bits per heavy atom. The molecule has 2 aromatic carbocycles. The summed E-state index contributed by atoms with van der Waals surface area (Å²) in [5, 5.41) is 5.27. The number of carbonyl (C=O) groups is 2. The first-order valence-electron chi connectivity index (χ1n) is 7.72. The third kappa shape index (κ3) is 6.68. The molecule has 0 radical (unpaired) electrons. The van der Waals surface area contributed by atoms with E-state index in [9.17, 15) is 22.8 Å². The van der Waals surface area contributed by atoms with Gasteiger partial charge in [-0.3, -0.25) is 9.59 Å². The Morgan fingerprint density at radius 2 is 1.78 bits per heavy atom. The van der Waals surface area contributed by atoms with E-state index in [0.717, 1.165) is 12.1 Å². The van der Waals surface area contributed by atoms with E-state index in [1.54, 1.807) is 18.2 Å². The molecule has 0 fully saturated rings. The van der Waals surface area contributed by atoms with Crippen molar-refractivity contribution in [3.63, 3.8) is 0 Å². The van der Waals surface area contributed by atoms with Crippen LogP contribution in [0.3, 0.4) is 0 Å². The van der Waals surface area contributed by atoms with E-state index in [1.807, 2.05) is 0 Å². The zero-order valence-electron chi connectivity index (χ0n) is 13.9. The minimum atomic E-state index is -4.44. The summed E-state index contributed by atoms with van der Waals surface area (Å²) in [6, 6.07) is 10.8. The van der Waals surface area contributed by atoms with Gasteiger partial charge in [-0.2, -0.15) is 13.2 Å². The third-order valence-corrected chi connectivity index (χ3v) is 3.53. The fourth-order valence-electron chi connectivity index (χ4n) is 2.02. The summed E-state index contributed by atoms with van der Waals surface area (Å²) < 4.78 is 37.8. The van der Waals surface area contributed by atoms with Gasteiger partial charge in [-0.05, 0) is 36.4 Å². The largest absolute Gasteiger partial charge is 0.416 e. The topological polar surface area (TPSA) is 58.2 Å². The van der Waals surface area contributed by atoms with Gasteiger partial charge in [0.15, 0.2) is 0 Å². The highest BCUT2D eigenvalue weighted by molar-refractivity contribution is 6.30. The van der Waals surface area contributed by atoms with Gasteiger partial charge < -0.3 is 10.6 Å². The fourth-order valence-corrected chi connectivity index (χ4v) is 2.21. The standard InChI is InChI=1S/C19H14ClF3N2O2/c20-16-8-2-6-14(11-16)18(27)25-12-17(26)24-9-3-5-13-4-1-7-15(10-13)19(21,22)23/h1-2,4,6-8,10-11H,9,12H2,(H,24,26)(H,25,27). The van der Waals surface area contributed by atoms with Crippen molar-refractivity contribution in [1.29, 1.82) is 0 Å². The molecule has 0 unspecified atom stereocenters. The number of hydrogen-bond acceptors (Lipinski definition) is 2. The normalized spacial score (nSPS) is 10.5. The van der Waals surface area contributed by atoms with Gasteiger partial charge in [0.1, 0.15) is 0 Å². The van der Waals surface area contributed by atoms with Crippen LogP contribution in [0, 0.1) is 11.8 Å². The summed E-state index contributed by atoms with van der Waals surface area (Å²) >= 11 is 5.78. The Bertz CT molecular complexity index is 902. The average Bonchev–Trinajstić information content (AvgIpc) is 2.63. The van der Waals surface area contributed by atoms with Crippen molar-refractivity contribution in [2.45, 2.75) is 6.18 Å². The SMILES string of the molecule is O=C(CNC(=O)c1cccc(Cl)c1)NCC#Cc1cccc(C(F)(F)F)c1. The van der Waals surface area contributed by atoms with Crippen LogP contribution in [0.1, 0.15) is 21.5 Å². The van der Waals surface area contributed by atoms with Crippen molar-refractivity contribution in [3.8, 4) is 11.8 Å². The molecule has 0 atom stereocenters. The van der Waals surface area contributed by atoms with Gasteiger partial charge in [-0.25, -0.2) is 0 Å². The molecular formula is C19H14ClF3N2O2. The van der Waals surface area contributed by atoms with Gasteiger partial charge in [0, 0.05) is 16.1 Å². The lowest BCUT2D eigenvalue weighted by molar-refractivity contribution is -0.137. The van der Waals surface area contributed by atoms with Crippen LogP contribution >= 0.6 is 11.6 Å². The molecule has 0 heterocycles. The lowest BCUT2D eigenvalue weighted by Crippen LogP contribution is -2.37. The fraction of sp³-hybridized carbons (Fsp3) is 0.158. The molecule has 2 amide bonds. The molecule has 2 N–H and O–H groups in total. The van der Waals surface area contributed by atoms with Crippen LogP contribution in [0.5, 0.6) is 0 Å². The van der Waals surface area contributed by atoms with E-state index in [0.29, 0.717) is 10.6 Å². The molecule has 4 nitrogen and oxygen atoms in total. The second kappa shape index (κ2) is 9.10. The maximum atomic E-state index is 12.6. The first-order chi connectivity index (χ1) is 12.8. The van der Waals surface area contributed by atoms with Gasteiger partial charge in [0.2, 0.25) is 5.91 Å². The number of rotatable bonds is 4. The summed E-state index contributed by atoms with van der Waals surface area (Å²) in [6.07, 6.45) is -4.44. The molecule has 0 saturated heterocycles. The van der Waals surface area contributed by atoms with E-state index < -0.39 is 23.6 Å². The molecule has 0 bridgehead atoms. The molecule has 0 aromatic heterocycles. The van der Waals surface area contributed by atoms with Gasteiger partial charge in [0.05, 0.1) is 18.7 Å². The molecule has 0 aliphatic heterocycles. The summed E-state index contributed by atoms with van der Waals surface area (Å²) in [4.78, 5) is 23.5. The Balaban J connectivity index is 1.80. The molecule has 2 rings (SSSR count). The van der Waals surface area contributed by atoms with Gasteiger partial charge in [-0.15, -0.1) is 0 Å². The number of carbonyl (C=O) groups excluding carboxylic acids is 2. The van der Waals surface area contributed by atoms with Crippen LogP contribution in [-0.2, 0) is 11.0 Å². The Morgan fingerprint density at radius 3 is 2.48 bits per heavy atom. The molecule has 0 spiro atoms. The monoisotopic (exact) mass is 394 g/mol. The number of nitrogens with one attached hydrogen (secondary N) is 2. The predicted octanol–water partition coefficient (Wildman–Crippen LogP) is 3.26. The van der Waals surface area contributed by atoms with Crippen molar-refractivity contribution in [2.75, 3.05) is 13.1 Å². The molecule has 27 heavy (non-hydrogen) atoms. The molecule has 8 heteroatoms. The zero-order chi connectivity index (χ0) is 19.9. The second-order valence-electron chi connectivity index (χ2n) is 5.35. The Kier molecular flexibility index (Phi) is 6.85. The van der Waals surface area contributed by atoms with Crippen molar-refractivity contribution < 1.29 is 22.8 Å². The number of alkyl halides is 3. The van der Waals surface area contributed by atoms with Crippen LogP contribution in [0.2, 0.25) is 5.02 Å². The lowest BCUT2D eigenvalue weighted by atomic mass is 10.1. The maximum Gasteiger partial charge on any atom is 0.416 e. The van der Waals surface area contributed by atoms with Crippen molar-refractivity contribution in [1.82, 2.24) is 10.6 Å². The first kappa shape index (κ1) is 20.3. The molecule has 140 valence electrons. The van der Waals surface area contributed by atoms with Crippen LogP contribution in [0.4, 0.5) is 13.2 Å². The zero-order valence-corrected chi connectivity index (χ0v) is 14.6. The molecule has 2 aromatic rings. The molecule has 0 aliphatic rings. The van der Waals surface area contributed by atoms with Crippen LogP contribution in [0.25, 0.3) is 0 Å². The lowest BCUT2D eigenvalue weighted by Gasteiger charge is -2.06. The van der Waals surface area contributed by atoms with E-state index in [1.165, 1.54) is 18.2 Å². The van der Waals surface area contributed by atoms with Gasteiger partial charge >= 0.3 is 6.18 Å². The van der Waals surface area contributed by atoms with E-state index in [4.69, 9.17) is 11.6 Å². The summed E-state index contributed by atoms with van der Waals surface area (Å²) in [6.45, 7) is -0.335. The summed E-state index contributed by atoms with van der Waals surface area (Å²) in [5.74, 6) is 4.16. The number of halogens is 4. The average molecular weight is 395 g/mol. The highest BCUT2D eigenvalue weighted by Gasteiger charge is 2.30. The summed E-state index contributed by atoms with van der Waals surface area (Å²) in [7, 11) is 0. The molecule has 0 saturated carbocycles. The minimum absolute atomic E-state index is 0.0673. The highest BCUT2D eigenvalue weighted by Crippen LogP contribution is 2.29. The van der Waals surface area contributed by atoms with Crippen LogP contribution in [-0.4, -0.2) is 24.9 Å². The van der Waals surface area contributed by atoms with E-state index in [-0.39, 0.29) is 18.7 Å².